The molecule has 100 valence electrons. The maximum atomic E-state index is 13.4. The van der Waals surface area contributed by atoms with E-state index in [1.165, 1.54) is 13.2 Å². The maximum Gasteiger partial charge on any atom is 0.141 e. The zero-order chi connectivity index (χ0) is 13.1. The molecule has 1 aromatic rings. The first-order chi connectivity index (χ1) is 8.63. The Bertz CT molecular complexity index is 422. The highest BCUT2D eigenvalue weighted by atomic mass is 79.9. The normalized spacial score (nSPS) is 21.7. The number of benzene rings is 1. The van der Waals surface area contributed by atoms with Crippen LogP contribution in [0.3, 0.4) is 0 Å². The van der Waals surface area contributed by atoms with E-state index in [-0.39, 0.29) is 11.9 Å². The van der Waals surface area contributed by atoms with Gasteiger partial charge < -0.3 is 15.2 Å². The number of piperidine rings is 1. The van der Waals surface area contributed by atoms with Crippen molar-refractivity contribution in [3.63, 3.8) is 0 Å². The van der Waals surface area contributed by atoms with Crippen LogP contribution < -0.4 is 10.1 Å². The highest BCUT2D eigenvalue weighted by Gasteiger charge is 2.26. The van der Waals surface area contributed by atoms with Crippen LogP contribution in [0.15, 0.2) is 16.6 Å². The summed E-state index contributed by atoms with van der Waals surface area (Å²) in [7, 11) is 1.48. The first-order valence-electron chi connectivity index (χ1n) is 6.08. The van der Waals surface area contributed by atoms with Crippen LogP contribution >= 0.6 is 15.9 Å². The Hall–Kier alpha value is -0.650. The van der Waals surface area contributed by atoms with Crippen LogP contribution in [-0.4, -0.2) is 24.8 Å². The lowest BCUT2D eigenvalue weighted by Gasteiger charge is -2.29. The summed E-state index contributed by atoms with van der Waals surface area (Å²) in [5.41, 5.74) is 0.616. The molecule has 0 aromatic heterocycles. The molecule has 2 rings (SSSR count). The third-order valence-corrected chi connectivity index (χ3v) is 3.93. The predicted octanol–water partition coefficient (Wildman–Crippen LogP) is 2.77. The molecule has 1 aliphatic rings. The van der Waals surface area contributed by atoms with Crippen molar-refractivity contribution in [2.45, 2.75) is 31.4 Å². The lowest BCUT2D eigenvalue weighted by atomic mass is 9.94. The van der Waals surface area contributed by atoms with Crippen molar-refractivity contribution in [3.05, 3.63) is 28.0 Å². The largest absolute Gasteiger partial charge is 0.496 e. The van der Waals surface area contributed by atoms with Gasteiger partial charge in [0.15, 0.2) is 0 Å². The number of hydrogen-bond donors (Lipinski definition) is 2. The summed E-state index contributed by atoms with van der Waals surface area (Å²) in [5.74, 6) is -0.00465. The molecule has 0 saturated carbocycles. The number of ether oxygens (including phenoxy) is 1. The van der Waals surface area contributed by atoms with Gasteiger partial charge in [0.05, 0.1) is 17.7 Å². The van der Waals surface area contributed by atoms with Crippen molar-refractivity contribution < 1.29 is 14.2 Å². The molecule has 1 saturated heterocycles. The SMILES string of the molecule is COc1cc(F)c(Br)cc1C(O)C1CCCCN1. The van der Waals surface area contributed by atoms with Crippen molar-refractivity contribution in [2.75, 3.05) is 13.7 Å². The second-order valence-corrected chi connectivity index (χ2v) is 5.36. The molecule has 18 heavy (non-hydrogen) atoms. The van der Waals surface area contributed by atoms with Gasteiger partial charge in [-0.3, -0.25) is 0 Å². The van der Waals surface area contributed by atoms with Crippen molar-refractivity contribution in [3.8, 4) is 5.75 Å². The summed E-state index contributed by atoms with van der Waals surface area (Å²) in [6, 6.07) is 2.89. The van der Waals surface area contributed by atoms with E-state index in [1.54, 1.807) is 6.07 Å². The van der Waals surface area contributed by atoms with Gasteiger partial charge in [0.2, 0.25) is 0 Å². The number of aliphatic hydroxyl groups is 1. The number of rotatable bonds is 3. The summed E-state index contributed by atoms with van der Waals surface area (Å²) in [4.78, 5) is 0. The van der Waals surface area contributed by atoms with Gasteiger partial charge >= 0.3 is 0 Å². The van der Waals surface area contributed by atoms with E-state index in [1.807, 2.05) is 0 Å². The molecule has 5 heteroatoms. The van der Waals surface area contributed by atoms with Crippen LogP contribution in [0.2, 0.25) is 0 Å². The van der Waals surface area contributed by atoms with Crippen molar-refractivity contribution >= 4 is 15.9 Å². The standard InChI is InChI=1S/C13H17BrFNO2/c1-18-12-7-10(15)9(14)6-8(12)13(17)11-4-2-3-5-16-11/h6-7,11,13,16-17H,2-5H2,1H3. The molecule has 1 aromatic carbocycles. The van der Waals surface area contributed by atoms with Crippen LogP contribution in [0.1, 0.15) is 30.9 Å². The smallest absolute Gasteiger partial charge is 0.141 e. The highest BCUT2D eigenvalue weighted by molar-refractivity contribution is 9.10. The van der Waals surface area contributed by atoms with Crippen LogP contribution in [0.25, 0.3) is 0 Å². The Balaban J connectivity index is 2.27. The molecular weight excluding hydrogens is 301 g/mol. The van der Waals surface area contributed by atoms with Gasteiger partial charge in [-0.15, -0.1) is 0 Å². The molecule has 1 heterocycles. The molecule has 2 unspecified atom stereocenters. The number of aliphatic hydroxyl groups excluding tert-OH is 1. The number of halogens is 2. The minimum absolute atomic E-state index is 0.00464. The molecule has 0 spiro atoms. The van der Waals surface area contributed by atoms with Gasteiger partial charge in [0.1, 0.15) is 11.6 Å². The van der Waals surface area contributed by atoms with E-state index < -0.39 is 6.10 Å². The fourth-order valence-electron chi connectivity index (χ4n) is 2.32. The molecule has 0 radical (unpaired) electrons. The molecule has 0 bridgehead atoms. The number of methoxy groups -OCH3 is 1. The third kappa shape index (κ3) is 2.84. The summed E-state index contributed by atoms with van der Waals surface area (Å²) in [6.45, 7) is 0.909. The monoisotopic (exact) mass is 317 g/mol. The maximum absolute atomic E-state index is 13.4. The Labute approximate surface area is 114 Å². The predicted molar refractivity (Wildman–Crippen MR) is 71.3 cm³/mol. The topological polar surface area (TPSA) is 41.5 Å². The van der Waals surface area contributed by atoms with E-state index >= 15 is 0 Å². The number of hydrogen-bond acceptors (Lipinski definition) is 3. The van der Waals surface area contributed by atoms with Gasteiger partial charge in [-0.2, -0.15) is 0 Å². The minimum Gasteiger partial charge on any atom is -0.496 e. The average Bonchev–Trinajstić information content (AvgIpc) is 2.41. The van der Waals surface area contributed by atoms with Gasteiger partial charge in [-0.25, -0.2) is 4.39 Å². The molecule has 3 nitrogen and oxygen atoms in total. The van der Waals surface area contributed by atoms with Crippen LogP contribution in [0, 0.1) is 5.82 Å². The zero-order valence-electron chi connectivity index (χ0n) is 10.2. The zero-order valence-corrected chi connectivity index (χ0v) is 11.8. The molecule has 0 aliphatic carbocycles. The lowest BCUT2D eigenvalue weighted by molar-refractivity contribution is 0.111. The van der Waals surface area contributed by atoms with E-state index in [0.717, 1.165) is 25.8 Å². The first kappa shape index (κ1) is 13.8. The van der Waals surface area contributed by atoms with Gasteiger partial charge in [-0.05, 0) is 41.4 Å². The molecule has 0 amide bonds. The third-order valence-electron chi connectivity index (χ3n) is 3.32. The van der Waals surface area contributed by atoms with Crippen LogP contribution in [0.5, 0.6) is 5.75 Å². The van der Waals surface area contributed by atoms with Crippen LogP contribution in [-0.2, 0) is 0 Å². The Kier molecular flexibility index (Phi) is 4.59. The molecule has 2 N–H and O–H groups in total. The fourth-order valence-corrected chi connectivity index (χ4v) is 2.68. The molecule has 1 aliphatic heterocycles. The first-order valence-corrected chi connectivity index (χ1v) is 6.87. The van der Waals surface area contributed by atoms with Crippen molar-refractivity contribution in [1.29, 1.82) is 0 Å². The summed E-state index contributed by atoms with van der Waals surface area (Å²) < 4.78 is 18.9. The van der Waals surface area contributed by atoms with E-state index in [0.29, 0.717) is 15.8 Å². The average molecular weight is 318 g/mol. The van der Waals surface area contributed by atoms with E-state index in [9.17, 15) is 9.50 Å². The lowest BCUT2D eigenvalue weighted by Crippen LogP contribution is -2.38. The fraction of sp³-hybridized carbons (Fsp3) is 0.538. The highest BCUT2D eigenvalue weighted by Crippen LogP contribution is 2.33. The summed E-state index contributed by atoms with van der Waals surface area (Å²) in [6.07, 6.45) is 2.46. The second kappa shape index (κ2) is 5.99. The summed E-state index contributed by atoms with van der Waals surface area (Å²) in [5, 5.41) is 13.7. The molecule has 2 atom stereocenters. The quantitative estimate of drug-likeness (QED) is 0.900. The molecule has 1 fully saturated rings. The summed E-state index contributed by atoms with van der Waals surface area (Å²) >= 11 is 3.14. The van der Waals surface area contributed by atoms with E-state index in [2.05, 4.69) is 21.2 Å². The van der Waals surface area contributed by atoms with Gasteiger partial charge in [0, 0.05) is 17.7 Å². The van der Waals surface area contributed by atoms with Crippen LogP contribution in [0.4, 0.5) is 4.39 Å². The van der Waals surface area contributed by atoms with Gasteiger partial charge in [-0.1, -0.05) is 6.42 Å². The van der Waals surface area contributed by atoms with Gasteiger partial charge in [0.25, 0.3) is 0 Å². The second-order valence-electron chi connectivity index (χ2n) is 4.51. The minimum atomic E-state index is -0.683. The Morgan fingerprint density at radius 2 is 2.28 bits per heavy atom. The Morgan fingerprint density at radius 1 is 1.50 bits per heavy atom. The van der Waals surface area contributed by atoms with Crippen molar-refractivity contribution in [1.82, 2.24) is 5.32 Å². The van der Waals surface area contributed by atoms with Crippen molar-refractivity contribution in [2.24, 2.45) is 0 Å². The van der Waals surface area contributed by atoms with E-state index in [4.69, 9.17) is 4.74 Å². The Morgan fingerprint density at radius 3 is 2.89 bits per heavy atom. The molecular formula is C13H17BrFNO2. The number of nitrogens with one attached hydrogen (secondary N) is 1.